The summed E-state index contributed by atoms with van der Waals surface area (Å²) in [5.74, 6) is 0.933. The zero-order chi connectivity index (χ0) is 24.9. The van der Waals surface area contributed by atoms with Gasteiger partial charge in [-0.25, -0.2) is 0 Å². The maximum Gasteiger partial charge on any atom is 0.162 e. The molecule has 35 heavy (non-hydrogen) atoms. The Hall–Kier alpha value is -3.98. The van der Waals surface area contributed by atoms with E-state index in [2.05, 4.69) is 48.9 Å². The lowest BCUT2D eigenvalue weighted by Gasteiger charge is -2.37. The zero-order valence-corrected chi connectivity index (χ0v) is 20.4. The molecular weight excluding hydrogens is 438 g/mol. The number of ether oxygens (including phenoxy) is 1. The van der Waals surface area contributed by atoms with Crippen molar-refractivity contribution < 1.29 is 14.6 Å². The number of Topliss-reactive ketones (excluding diaryl/α,β-unsaturated/α-hetero) is 1. The first-order valence-electron chi connectivity index (χ1n) is 11.8. The fraction of sp³-hybridized carbons (Fsp3) is 0.310. The molecule has 178 valence electrons. The number of fused-ring (bicyclic) bond motifs is 1. The number of phenolic OH excluding ortho intramolecular Hbond substituents is 1. The fourth-order valence-corrected chi connectivity index (χ4v) is 5.40. The Morgan fingerprint density at radius 1 is 1.11 bits per heavy atom. The minimum atomic E-state index is -0.432. The number of phenols is 1. The predicted molar refractivity (Wildman–Crippen MR) is 135 cm³/mol. The zero-order valence-electron chi connectivity index (χ0n) is 20.4. The van der Waals surface area contributed by atoms with E-state index in [0.717, 1.165) is 28.2 Å². The third-order valence-electron chi connectivity index (χ3n) is 7.05. The molecule has 2 heterocycles. The van der Waals surface area contributed by atoms with Crippen LogP contribution < -0.4 is 10.1 Å². The van der Waals surface area contributed by atoms with Crippen molar-refractivity contribution >= 4 is 11.6 Å². The molecule has 2 aromatic carbocycles. The number of anilines is 1. The smallest absolute Gasteiger partial charge is 0.162 e. The Morgan fingerprint density at radius 3 is 2.51 bits per heavy atom. The van der Waals surface area contributed by atoms with Gasteiger partial charge in [0.15, 0.2) is 17.3 Å². The van der Waals surface area contributed by atoms with Gasteiger partial charge in [0.25, 0.3) is 0 Å². The number of benzene rings is 2. The summed E-state index contributed by atoms with van der Waals surface area (Å²) >= 11 is 0. The molecule has 2 N–H and O–H groups in total. The summed E-state index contributed by atoms with van der Waals surface area (Å²) in [4.78, 5) is 13.8. The molecule has 0 amide bonds. The molecule has 0 bridgehead atoms. The van der Waals surface area contributed by atoms with Gasteiger partial charge in [-0.1, -0.05) is 36.4 Å². The number of aromatic nitrogens is 1. The van der Waals surface area contributed by atoms with E-state index in [1.54, 1.807) is 12.1 Å². The standard InChI is InChI=1S/C29H29N3O3/c1-29(2,3)32-16-20(15-30)26-25(18-10-11-22(33)24(14-18)35-4)27-21(31-28(26)32)12-19(13-23(27)34)17-8-6-5-7-9-17/h5-11,14,16,19,25,31,33H,12-13H2,1-4H3/t19-,25+/m0/s1. The number of allylic oxidation sites excluding steroid dienone is 2. The summed E-state index contributed by atoms with van der Waals surface area (Å²) in [7, 11) is 1.50. The first-order valence-corrected chi connectivity index (χ1v) is 11.8. The van der Waals surface area contributed by atoms with Crippen LogP contribution in [0.4, 0.5) is 5.82 Å². The van der Waals surface area contributed by atoms with Crippen LogP contribution in [0.5, 0.6) is 11.5 Å². The van der Waals surface area contributed by atoms with E-state index in [4.69, 9.17) is 4.74 Å². The highest BCUT2D eigenvalue weighted by molar-refractivity contribution is 6.02. The number of nitriles is 1. The second-order valence-electron chi connectivity index (χ2n) is 10.3. The maximum absolute atomic E-state index is 13.8. The second kappa shape index (κ2) is 8.35. The highest BCUT2D eigenvalue weighted by atomic mass is 16.5. The largest absolute Gasteiger partial charge is 0.504 e. The van der Waals surface area contributed by atoms with Crippen LogP contribution in [0.1, 0.15) is 67.7 Å². The number of methoxy groups -OCH3 is 1. The highest BCUT2D eigenvalue weighted by Crippen LogP contribution is 2.51. The molecule has 0 saturated heterocycles. The van der Waals surface area contributed by atoms with Crippen molar-refractivity contribution in [2.75, 3.05) is 12.4 Å². The van der Waals surface area contributed by atoms with Crippen LogP contribution in [-0.2, 0) is 10.3 Å². The number of carbonyl (C=O) groups is 1. The molecule has 2 atom stereocenters. The van der Waals surface area contributed by atoms with Crippen LogP contribution in [0.15, 0.2) is 66.0 Å². The molecule has 1 aliphatic heterocycles. The third kappa shape index (κ3) is 3.77. The Balaban J connectivity index is 1.74. The molecule has 3 aromatic rings. The van der Waals surface area contributed by atoms with Crippen molar-refractivity contribution in [3.05, 3.63) is 88.3 Å². The normalized spacial score (nSPS) is 19.5. The minimum Gasteiger partial charge on any atom is -0.504 e. The molecule has 0 spiro atoms. The van der Waals surface area contributed by atoms with E-state index in [-0.39, 0.29) is 23.0 Å². The first-order chi connectivity index (χ1) is 16.7. The van der Waals surface area contributed by atoms with E-state index in [1.165, 1.54) is 7.11 Å². The molecule has 1 aliphatic carbocycles. The third-order valence-corrected chi connectivity index (χ3v) is 7.05. The van der Waals surface area contributed by atoms with Crippen LogP contribution in [0.3, 0.4) is 0 Å². The molecule has 1 aromatic heterocycles. The van der Waals surface area contributed by atoms with E-state index in [9.17, 15) is 15.2 Å². The summed E-state index contributed by atoms with van der Waals surface area (Å²) in [6.45, 7) is 6.28. The van der Waals surface area contributed by atoms with Crippen LogP contribution in [0.2, 0.25) is 0 Å². The van der Waals surface area contributed by atoms with E-state index in [1.807, 2.05) is 30.5 Å². The van der Waals surface area contributed by atoms with Crippen molar-refractivity contribution in [1.29, 1.82) is 5.26 Å². The van der Waals surface area contributed by atoms with Gasteiger partial charge >= 0.3 is 0 Å². The molecule has 0 unspecified atom stereocenters. The van der Waals surface area contributed by atoms with Crippen LogP contribution in [0.25, 0.3) is 0 Å². The lowest BCUT2D eigenvalue weighted by Crippen LogP contribution is -2.32. The fourth-order valence-electron chi connectivity index (χ4n) is 5.40. The average molecular weight is 468 g/mol. The second-order valence-corrected chi connectivity index (χ2v) is 10.3. The Kier molecular flexibility index (Phi) is 5.44. The average Bonchev–Trinajstić information content (AvgIpc) is 3.22. The van der Waals surface area contributed by atoms with Gasteiger partial charge in [0.2, 0.25) is 0 Å². The summed E-state index contributed by atoms with van der Waals surface area (Å²) < 4.78 is 7.47. The number of hydrogen-bond donors (Lipinski definition) is 2. The lowest BCUT2D eigenvalue weighted by atomic mass is 9.72. The quantitative estimate of drug-likeness (QED) is 0.509. The first kappa shape index (κ1) is 22.8. The van der Waals surface area contributed by atoms with Gasteiger partial charge < -0.3 is 19.7 Å². The molecule has 0 radical (unpaired) electrons. The molecule has 5 rings (SSSR count). The Bertz CT molecular complexity index is 1390. The summed E-state index contributed by atoms with van der Waals surface area (Å²) in [6, 6.07) is 17.7. The van der Waals surface area contributed by atoms with Crippen molar-refractivity contribution in [3.63, 3.8) is 0 Å². The van der Waals surface area contributed by atoms with E-state index >= 15 is 0 Å². The Labute approximate surface area is 205 Å². The maximum atomic E-state index is 13.8. The molecule has 2 aliphatic rings. The van der Waals surface area contributed by atoms with Crippen LogP contribution in [-0.4, -0.2) is 22.6 Å². The molecular formula is C29H29N3O3. The van der Waals surface area contributed by atoms with Crippen molar-refractivity contribution in [3.8, 4) is 17.6 Å². The van der Waals surface area contributed by atoms with E-state index < -0.39 is 5.92 Å². The molecule has 0 saturated carbocycles. The lowest BCUT2D eigenvalue weighted by molar-refractivity contribution is -0.116. The van der Waals surface area contributed by atoms with Crippen molar-refractivity contribution in [1.82, 2.24) is 4.57 Å². The van der Waals surface area contributed by atoms with Crippen molar-refractivity contribution in [2.45, 2.75) is 51.0 Å². The van der Waals surface area contributed by atoms with Gasteiger partial charge in [0.05, 0.1) is 12.7 Å². The van der Waals surface area contributed by atoms with Gasteiger partial charge in [-0.3, -0.25) is 4.79 Å². The van der Waals surface area contributed by atoms with Gasteiger partial charge in [-0.05, 0) is 56.4 Å². The summed E-state index contributed by atoms with van der Waals surface area (Å²) in [5.41, 5.74) is 4.59. The number of hydrogen-bond acceptors (Lipinski definition) is 5. The van der Waals surface area contributed by atoms with Gasteiger partial charge in [0.1, 0.15) is 11.9 Å². The number of ketones is 1. The number of rotatable bonds is 3. The van der Waals surface area contributed by atoms with Gasteiger partial charge in [-0.15, -0.1) is 0 Å². The SMILES string of the molecule is COc1cc([C@H]2C3=C(C[C@H](c4ccccc4)CC3=O)Nc3c2c(C#N)cn3C(C)(C)C)ccc1O. The number of nitrogens with one attached hydrogen (secondary N) is 1. The number of aromatic hydroxyl groups is 1. The summed E-state index contributed by atoms with van der Waals surface area (Å²) in [5, 5.41) is 23.9. The minimum absolute atomic E-state index is 0.0338. The van der Waals surface area contributed by atoms with Gasteiger partial charge in [0, 0.05) is 40.9 Å². The monoisotopic (exact) mass is 467 g/mol. The Morgan fingerprint density at radius 2 is 1.86 bits per heavy atom. The van der Waals surface area contributed by atoms with E-state index in [0.29, 0.717) is 29.7 Å². The number of carbonyl (C=O) groups excluding carboxylic acids is 1. The highest BCUT2D eigenvalue weighted by Gasteiger charge is 2.42. The number of nitrogens with zero attached hydrogens (tertiary/aromatic N) is 2. The predicted octanol–water partition coefficient (Wildman–Crippen LogP) is 5.79. The summed E-state index contributed by atoms with van der Waals surface area (Å²) in [6.07, 6.45) is 2.99. The molecule has 6 nitrogen and oxygen atoms in total. The van der Waals surface area contributed by atoms with Crippen LogP contribution >= 0.6 is 0 Å². The molecule has 6 heteroatoms. The van der Waals surface area contributed by atoms with Crippen molar-refractivity contribution in [2.24, 2.45) is 0 Å². The molecule has 0 fully saturated rings. The topological polar surface area (TPSA) is 87.3 Å². The van der Waals surface area contributed by atoms with Crippen LogP contribution in [0, 0.1) is 11.3 Å². The van der Waals surface area contributed by atoms with Gasteiger partial charge in [-0.2, -0.15) is 5.26 Å².